The third-order valence-electron chi connectivity index (χ3n) is 1.39. The molecule has 3 heteroatoms. The van der Waals surface area contributed by atoms with Gasteiger partial charge in [-0.25, -0.2) is 0 Å². The molecule has 0 aromatic carbocycles. The second kappa shape index (κ2) is 10.4. The molecule has 0 aromatic rings. The molecule has 3 nitrogen and oxygen atoms in total. The van der Waals surface area contributed by atoms with E-state index in [4.69, 9.17) is 4.74 Å². The minimum Gasteiger partial charge on any atom is -0.383 e. The average molecular weight is 175 g/mol. The number of methoxy groups -OCH3 is 1. The number of hydrogen-bond donors (Lipinski definition) is 0. The summed E-state index contributed by atoms with van der Waals surface area (Å²) in [5.74, 6) is 0.111. The maximum Gasteiger partial charge on any atom is 0.219 e. The van der Waals surface area contributed by atoms with Gasteiger partial charge in [0.15, 0.2) is 0 Å². The van der Waals surface area contributed by atoms with Crippen molar-refractivity contribution in [3.8, 4) is 0 Å². The van der Waals surface area contributed by atoms with Crippen molar-refractivity contribution in [3.05, 3.63) is 0 Å². The Kier molecular flexibility index (Phi) is 12.2. The Hall–Kier alpha value is -0.570. The van der Waals surface area contributed by atoms with Crippen LogP contribution in [0.4, 0.5) is 0 Å². The van der Waals surface area contributed by atoms with E-state index in [1.54, 1.807) is 18.9 Å². The summed E-state index contributed by atoms with van der Waals surface area (Å²) >= 11 is 0. The molecule has 0 bridgehead atoms. The smallest absolute Gasteiger partial charge is 0.219 e. The fourth-order valence-corrected chi connectivity index (χ4v) is 0.740. The van der Waals surface area contributed by atoms with E-state index in [1.807, 2.05) is 20.8 Å². The predicted octanol–water partition coefficient (Wildman–Crippen LogP) is 1.53. The summed E-state index contributed by atoms with van der Waals surface area (Å²) in [6.45, 7) is 9.60. The van der Waals surface area contributed by atoms with Crippen molar-refractivity contribution in [1.29, 1.82) is 0 Å². The van der Waals surface area contributed by atoms with Crippen LogP contribution in [0.1, 0.15) is 27.7 Å². The monoisotopic (exact) mass is 175 g/mol. The van der Waals surface area contributed by atoms with Crippen molar-refractivity contribution < 1.29 is 9.53 Å². The molecular weight excluding hydrogens is 154 g/mol. The SMILES string of the molecule is CC.CCN(CCOC)C(C)=O. The maximum absolute atomic E-state index is 10.8. The zero-order chi connectivity index (χ0) is 9.98. The van der Waals surface area contributed by atoms with E-state index in [0.29, 0.717) is 13.2 Å². The molecular formula is C9H21NO2. The fraction of sp³-hybridized carbons (Fsp3) is 0.889. The number of hydrogen-bond acceptors (Lipinski definition) is 2. The van der Waals surface area contributed by atoms with Crippen molar-refractivity contribution in [3.63, 3.8) is 0 Å². The molecule has 0 saturated carbocycles. The topological polar surface area (TPSA) is 29.5 Å². The lowest BCUT2D eigenvalue weighted by Crippen LogP contribution is -2.31. The van der Waals surface area contributed by atoms with Gasteiger partial charge in [0.2, 0.25) is 5.91 Å². The Morgan fingerprint density at radius 2 is 1.92 bits per heavy atom. The molecule has 0 saturated heterocycles. The van der Waals surface area contributed by atoms with E-state index in [2.05, 4.69) is 0 Å². The van der Waals surface area contributed by atoms with Crippen LogP contribution in [0.2, 0.25) is 0 Å². The third kappa shape index (κ3) is 7.54. The van der Waals surface area contributed by atoms with Gasteiger partial charge in [0.05, 0.1) is 6.61 Å². The Morgan fingerprint density at radius 3 is 2.17 bits per heavy atom. The lowest BCUT2D eigenvalue weighted by molar-refractivity contribution is -0.129. The number of carbonyl (C=O) groups is 1. The standard InChI is InChI=1S/C7H15NO2.C2H6/c1-4-8(7(2)9)5-6-10-3;1-2/h4-6H2,1-3H3;1-2H3. The zero-order valence-electron chi connectivity index (χ0n) is 8.89. The van der Waals surface area contributed by atoms with Gasteiger partial charge in [0.25, 0.3) is 0 Å². The molecule has 0 rings (SSSR count). The van der Waals surface area contributed by atoms with E-state index >= 15 is 0 Å². The van der Waals surface area contributed by atoms with Gasteiger partial charge < -0.3 is 9.64 Å². The second-order valence-electron chi connectivity index (χ2n) is 2.09. The fourth-order valence-electron chi connectivity index (χ4n) is 0.740. The van der Waals surface area contributed by atoms with Crippen molar-refractivity contribution in [1.82, 2.24) is 4.90 Å². The van der Waals surface area contributed by atoms with Gasteiger partial charge >= 0.3 is 0 Å². The van der Waals surface area contributed by atoms with Crippen LogP contribution in [0, 0.1) is 0 Å². The molecule has 0 aliphatic carbocycles. The molecule has 0 aliphatic heterocycles. The maximum atomic E-state index is 10.8. The molecule has 0 aliphatic rings. The van der Waals surface area contributed by atoms with Crippen molar-refractivity contribution in [2.45, 2.75) is 27.7 Å². The first-order chi connectivity index (χ1) is 5.72. The van der Waals surface area contributed by atoms with E-state index < -0.39 is 0 Å². The molecule has 0 heterocycles. The van der Waals surface area contributed by atoms with Gasteiger partial charge in [-0.2, -0.15) is 0 Å². The van der Waals surface area contributed by atoms with E-state index in [-0.39, 0.29) is 5.91 Å². The highest BCUT2D eigenvalue weighted by molar-refractivity contribution is 5.73. The molecule has 1 amide bonds. The van der Waals surface area contributed by atoms with Crippen LogP contribution in [0.15, 0.2) is 0 Å². The Labute approximate surface area is 75.7 Å². The van der Waals surface area contributed by atoms with Gasteiger partial charge in [-0.15, -0.1) is 0 Å². The number of likely N-dealkylation sites (N-methyl/N-ethyl adjacent to an activating group) is 1. The highest BCUT2D eigenvalue weighted by Gasteiger charge is 2.03. The molecule has 12 heavy (non-hydrogen) atoms. The van der Waals surface area contributed by atoms with Crippen LogP contribution in [0.25, 0.3) is 0 Å². The quantitative estimate of drug-likeness (QED) is 0.648. The first-order valence-electron chi connectivity index (χ1n) is 4.46. The van der Waals surface area contributed by atoms with Gasteiger partial charge in [-0.05, 0) is 6.92 Å². The molecule has 74 valence electrons. The lowest BCUT2D eigenvalue weighted by atomic mass is 10.5. The molecule has 0 N–H and O–H groups in total. The largest absolute Gasteiger partial charge is 0.383 e. The third-order valence-corrected chi connectivity index (χ3v) is 1.39. The van der Waals surface area contributed by atoms with Gasteiger partial charge in [-0.1, -0.05) is 13.8 Å². The molecule has 0 atom stereocenters. The van der Waals surface area contributed by atoms with Crippen LogP contribution in [-0.2, 0) is 9.53 Å². The van der Waals surface area contributed by atoms with Crippen molar-refractivity contribution in [2.75, 3.05) is 26.8 Å². The van der Waals surface area contributed by atoms with Crippen molar-refractivity contribution in [2.24, 2.45) is 0 Å². The lowest BCUT2D eigenvalue weighted by Gasteiger charge is -2.17. The molecule has 0 radical (unpaired) electrons. The second-order valence-corrected chi connectivity index (χ2v) is 2.09. The molecule has 0 unspecified atom stereocenters. The summed E-state index contributed by atoms with van der Waals surface area (Å²) in [5.41, 5.74) is 0. The van der Waals surface area contributed by atoms with E-state index in [0.717, 1.165) is 6.54 Å². The van der Waals surface area contributed by atoms with Crippen LogP contribution in [0.5, 0.6) is 0 Å². The Bertz CT molecular complexity index is 105. The van der Waals surface area contributed by atoms with Crippen LogP contribution < -0.4 is 0 Å². The van der Waals surface area contributed by atoms with E-state index in [9.17, 15) is 4.79 Å². The van der Waals surface area contributed by atoms with Gasteiger partial charge in [0.1, 0.15) is 0 Å². The van der Waals surface area contributed by atoms with Crippen LogP contribution >= 0.6 is 0 Å². The zero-order valence-corrected chi connectivity index (χ0v) is 8.89. The summed E-state index contributed by atoms with van der Waals surface area (Å²) in [5, 5.41) is 0. The summed E-state index contributed by atoms with van der Waals surface area (Å²) < 4.78 is 4.83. The summed E-state index contributed by atoms with van der Waals surface area (Å²) in [6, 6.07) is 0. The average Bonchev–Trinajstić information content (AvgIpc) is 2.09. The number of carbonyl (C=O) groups excluding carboxylic acids is 1. The number of rotatable bonds is 4. The number of nitrogens with zero attached hydrogens (tertiary/aromatic N) is 1. The highest BCUT2D eigenvalue weighted by Crippen LogP contribution is 1.87. The van der Waals surface area contributed by atoms with E-state index in [1.165, 1.54) is 0 Å². The first-order valence-corrected chi connectivity index (χ1v) is 4.46. The van der Waals surface area contributed by atoms with Crippen molar-refractivity contribution >= 4 is 5.91 Å². The summed E-state index contributed by atoms with van der Waals surface area (Å²) in [6.07, 6.45) is 0. The molecule has 0 aromatic heterocycles. The number of amides is 1. The normalized spacial score (nSPS) is 8.42. The first kappa shape index (κ1) is 14.0. The predicted molar refractivity (Wildman–Crippen MR) is 51.2 cm³/mol. The number of ether oxygens (including phenoxy) is 1. The highest BCUT2D eigenvalue weighted by atomic mass is 16.5. The Morgan fingerprint density at radius 1 is 1.42 bits per heavy atom. The Balaban J connectivity index is 0. The van der Waals surface area contributed by atoms with Crippen LogP contribution in [-0.4, -0.2) is 37.6 Å². The summed E-state index contributed by atoms with van der Waals surface area (Å²) in [4.78, 5) is 12.5. The minimum absolute atomic E-state index is 0.111. The van der Waals surface area contributed by atoms with Gasteiger partial charge in [-0.3, -0.25) is 4.79 Å². The summed E-state index contributed by atoms with van der Waals surface area (Å²) in [7, 11) is 1.63. The van der Waals surface area contributed by atoms with Gasteiger partial charge in [0, 0.05) is 27.1 Å². The van der Waals surface area contributed by atoms with Crippen LogP contribution in [0.3, 0.4) is 0 Å². The minimum atomic E-state index is 0.111. The molecule has 0 fully saturated rings. The molecule has 0 spiro atoms.